The Hall–Kier alpha value is -7.75. The van der Waals surface area contributed by atoms with E-state index in [0.29, 0.717) is 43.5 Å². The number of imide groups is 1. The number of para-hydroxylation sites is 2. The lowest BCUT2D eigenvalue weighted by molar-refractivity contribution is -0.161. The second kappa shape index (κ2) is 22.6. The van der Waals surface area contributed by atoms with Crippen molar-refractivity contribution in [2.24, 2.45) is 25.9 Å². The van der Waals surface area contributed by atoms with E-state index >= 15 is 0 Å². The number of hydrogen-bond acceptors (Lipinski definition) is 13. The van der Waals surface area contributed by atoms with E-state index in [1.807, 2.05) is 150 Å². The number of fused-ring (bicyclic) bond motifs is 2. The fraction of sp³-hybridized carbons (Fsp3) is 0.417. The molecule has 0 bridgehead atoms. The number of nitrogens with zero attached hydrogens (tertiary/aromatic N) is 7. The van der Waals surface area contributed by atoms with Crippen LogP contribution in [0.4, 0.5) is 11.4 Å². The minimum atomic E-state index is -0.477. The molecule has 16 nitrogen and oxygen atoms in total. The number of benzene rings is 4. The molecule has 6 heterocycles. The number of aromatic nitrogens is 5. The summed E-state index contributed by atoms with van der Waals surface area (Å²) in [5.74, 6) is -0.363. The number of amides is 2. The molecule has 1 atom stereocenters. The van der Waals surface area contributed by atoms with Crippen LogP contribution in [0.15, 0.2) is 109 Å². The van der Waals surface area contributed by atoms with Crippen molar-refractivity contribution < 1.29 is 38.1 Å². The smallest absolute Gasteiger partial charge is 0.309 e. The van der Waals surface area contributed by atoms with E-state index in [2.05, 4.69) is 44.5 Å². The van der Waals surface area contributed by atoms with Gasteiger partial charge >= 0.3 is 11.9 Å². The highest BCUT2D eigenvalue weighted by Crippen LogP contribution is 2.40. The third-order valence-electron chi connectivity index (χ3n) is 14.0. The van der Waals surface area contributed by atoms with Gasteiger partial charge in [-0.3, -0.25) is 33.9 Å². The minimum Gasteiger partial charge on any atom is -0.473 e. The molecule has 4 aromatic carbocycles. The summed E-state index contributed by atoms with van der Waals surface area (Å²) in [6.45, 7) is 15.2. The Morgan fingerprint density at radius 3 is 1.62 bits per heavy atom. The lowest BCUT2D eigenvalue weighted by Crippen LogP contribution is -2.39. The lowest BCUT2D eigenvalue weighted by Gasteiger charge is -2.34. The van der Waals surface area contributed by atoms with Crippen molar-refractivity contribution in [2.75, 3.05) is 36.0 Å². The molecular formula is C60H70N8O8. The van der Waals surface area contributed by atoms with Gasteiger partial charge in [-0.2, -0.15) is 15.2 Å². The van der Waals surface area contributed by atoms with Crippen molar-refractivity contribution in [3.05, 3.63) is 126 Å². The fourth-order valence-electron chi connectivity index (χ4n) is 10.3. The molecule has 3 aromatic heterocycles. The summed E-state index contributed by atoms with van der Waals surface area (Å²) in [5, 5.41) is 14.0. The average Bonchev–Trinajstić information content (AvgIpc) is 3.95. The summed E-state index contributed by atoms with van der Waals surface area (Å²) in [5.41, 5.74) is 7.61. The number of carbonyl (C=O) groups is 4. The summed E-state index contributed by atoms with van der Waals surface area (Å²) in [7, 11) is 3.85. The van der Waals surface area contributed by atoms with Crippen molar-refractivity contribution >= 4 is 56.9 Å². The quantitative estimate of drug-likeness (QED) is 0.0906. The summed E-state index contributed by atoms with van der Waals surface area (Å²) in [4.78, 5) is 58.5. The predicted octanol–water partition coefficient (Wildman–Crippen LogP) is 10.0. The van der Waals surface area contributed by atoms with Crippen LogP contribution in [0.3, 0.4) is 0 Å². The number of ether oxygens (including phenoxy) is 4. The van der Waals surface area contributed by atoms with Gasteiger partial charge in [0.15, 0.2) is 0 Å². The second-order valence-corrected chi connectivity index (χ2v) is 22.0. The van der Waals surface area contributed by atoms with Gasteiger partial charge in [0.05, 0.1) is 51.4 Å². The Kier molecular flexibility index (Phi) is 15.8. The maximum atomic E-state index is 12.7. The zero-order chi connectivity index (χ0) is 53.7. The molecule has 1 unspecified atom stereocenters. The van der Waals surface area contributed by atoms with Gasteiger partial charge in [0.25, 0.3) is 0 Å². The highest BCUT2D eigenvalue weighted by molar-refractivity contribution is 6.04. The Morgan fingerprint density at radius 2 is 1.09 bits per heavy atom. The van der Waals surface area contributed by atoms with Gasteiger partial charge in [-0.15, -0.1) is 0 Å². The van der Waals surface area contributed by atoms with E-state index in [1.165, 1.54) is 0 Å². The maximum Gasteiger partial charge on any atom is 0.309 e. The zero-order valence-corrected chi connectivity index (χ0v) is 45.0. The highest BCUT2D eigenvalue weighted by atomic mass is 16.6. The number of aryl methyl sites for hydroxylation is 2. The summed E-state index contributed by atoms with van der Waals surface area (Å²) < 4.78 is 27.4. The number of piperidine rings is 3. The first kappa shape index (κ1) is 53.1. The Bertz CT molecular complexity index is 3200. The number of pyridine rings is 1. The maximum absolute atomic E-state index is 12.7. The molecule has 16 heteroatoms. The molecule has 0 spiro atoms. The third kappa shape index (κ3) is 12.5. The van der Waals surface area contributed by atoms with Crippen LogP contribution in [0.25, 0.3) is 33.1 Å². The van der Waals surface area contributed by atoms with Crippen LogP contribution >= 0.6 is 0 Å². The largest absolute Gasteiger partial charge is 0.473 e. The monoisotopic (exact) mass is 1030 g/mol. The van der Waals surface area contributed by atoms with Gasteiger partial charge in [0, 0.05) is 63.5 Å². The molecule has 3 aliphatic rings. The first-order valence-electron chi connectivity index (χ1n) is 26.4. The number of esters is 2. The van der Waals surface area contributed by atoms with Gasteiger partial charge in [0.2, 0.25) is 23.6 Å². The van der Waals surface area contributed by atoms with Crippen LogP contribution < -0.4 is 24.6 Å². The summed E-state index contributed by atoms with van der Waals surface area (Å²) in [6, 6.07) is 36.2. The van der Waals surface area contributed by atoms with Crippen molar-refractivity contribution in [1.82, 2.24) is 29.9 Å². The van der Waals surface area contributed by atoms with E-state index < -0.39 is 17.1 Å². The lowest BCUT2D eigenvalue weighted by atomic mass is 9.92. The summed E-state index contributed by atoms with van der Waals surface area (Å²) in [6.07, 6.45) is 3.78. The van der Waals surface area contributed by atoms with Crippen molar-refractivity contribution in [3.63, 3.8) is 0 Å². The van der Waals surface area contributed by atoms with E-state index in [1.54, 1.807) is 0 Å². The van der Waals surface area contributed by atoms with E-state index in [-0.39, 0.29) is 35.6 Å². The molecule has 76 heavy (non-hydrogen) atoms. The van der Waals surface area contributed by atoms with Crippen molar-refractivity contribution in [1.29, 1.82) is 0 Å². The van der Waals surface area contributed by atoms with Crippen LogP contribution in [0.5, 0.6) is 11.8 Å². The third-order valence-corrected chi connectivity index (χ3v) is 14.0. The number of rotatable bonds is 12. The van der Waals surface area contributed by atoms with Gasteiger partial charge in [-0.1, -0.05) is 84.9 Å². The molecule has 7 aromatic rings. The topological polar surface area (TPSA) is 172 Å². The molecule has 3 saturated heterocycles. The number of nitrogens with one attached hydrogen (secondary N) is 1. The Morgan fingerprint density at radius 1 is 0.592 bits per heavy atom. The van der Waals surface area contributed by atoms with Crippen LogP contribution in [0.1, 0.15) is 103 Å². The molecule has 1 N–H and O–H groups in total. The second-order valence-electron chi connectivity index (χ2n) is 22.0. The van der Waals surface area contributed by atoms with Crippen LogP contribution in [-0.4, -0.2) is 85.7 Å². The Balaban J connectivity index is 0.000000199. The van der Waals surface area contributed by atoms with E-state index in [0.717, 1.165) is 107 Å². The molecule has 398 valence electrons. The molecule has 3 fully saturated rings. The molecule has 0 saturated carbocycles. The molecule has 0 radical (unpaired) electrons. The Labute approximate surface area is 444 Å². The first-order valence-corrected chi connectivity index (χ1v) is 26.4. The number of hydrogen-bond donors (Lipinski definition) is 1. The van der Waals surface area contributed by atoms with Crippen molar-refractivity contribution in [3.8, 4) is 23.0 Å². The van der Waals surface area contributed by atoms with Crippen LogP contribution in [-0.2, 0) is 56.0 Å². The van der Waals surface area contributed by atoms with Crippen LogP contribution in [0.2, 0.25) is 0 Å². The van der Waals surface area contributed by atoms with E-state index in [9.17, 15) is 19.2 Å². The van der Waals surface area contributed by atoms with Gasteiger partial charge in [-0.25, -0.2) is 0 Å². The number of anilines is 2. The molecule has 3 aliphatic heterocycles. The first-order chi connectivity index (χ1) is 36.4. The van der Waals surface area contributed by atoms with Crippen LogP contribution in [0, 0.1) is 11.8 Å². The predicted molar refractivity (Wildman–Crippen MR) is 293 cm³/mol. The zero-order valence-electron chi connectivity index (χ0n) is 45.0. The molecule has 10 rings (SSSR count). The van der Waals surface area contributed by atoms with Gasteiger partial charge in [0.1, 0.15) is 30.1 Å². The average molecular weight is 1030 g/mol. The highest BCUT2D eigenvalue weighted by Gasteiger charge is 2.35. The van der Waals surface area contributed by atoms with Crippen molar-refractivity contribution in [2.45, 2.75) is 110 Å². The van der Waals surface area contributed by atoms with Gasteiger partial charge < -0.3 is 28.7 Å². The van der Waals surface area contributed by atoms with E-state index in [4.69, 9.17) is 29.0 Å². The minimum absolute atomic E-state index is 0.0831. The molecular weight excluding hydrogens is 961 g/mol. The standard InChI is InChI=1S/C37H40N4O4.C23H30N4O4/c1-37(2,3)45-36(42)28-20-22-41(23-21-28)31-17-11-16-29-33(39-40(4)34(29)31)30-18-19-32(43-24-26-12-7-5-8-13-26)38-35(30)44-25-27-14-9-6-10-15-27;1-23(2,3)31-22(30)14-10-12-27(13-11-14)17-7-5-6-15-19(25-26(4)20(15)17)16-8-9-18(28)24-21(16)29/h5-19,28H,20-25H2,1-4H3;5-7,14,16H,8-13H2,1-4H3,(H,24,28,29). The SMILES string of the molecule is Cn1nc(-c2ccc(OCc3ccccc3)nc2OCc2ccccc2)c2cccc(N3CCC(C(=O)OC(C)(C)C)CC3)c21.Cn1nc(C2CCC(=O)NC2=O)c2cccc(N3CCC(C(=O)OC(C)(C)C)CC3)c21. The summed E-state index contributed by atoms with van der Waals surface area (Å²) >= 11 is 0. The molecule has 0 aliphatic carbocycles. The molecule has 2 amide bonds. The normalized spacial score (nSPS) is 16.8. The van der Waals surface area contributed by atoms with Gasteiger partial charge in [-0.05, 0) is 103 Å². The number of carbonyl (C=O) groups excluding carboxylic acids is 4. The fourth-order valence-corrected chi connectivity index (χ4v) is 10.3.